The molecule has 0 aromatic carbocycles. The number of quaternary nitrogens is 1. The van der Waals surface area contributed by atoms with E-state index in [4.69, 9.17) is 13.8 Å². The van der Waals surface area contributed by atoms with Crippen LogP contribution in [0.3, 0.4) is 0 Å². The van der Waals surface area contributed by atoms with Gasteiger partial charge in [0.25, 0.3) is 7.82 Å². The van der Waals surface area contributed by atoms with E-state index in [0.717, 1.165) is 77.0 Å². The number of hydrogen-bond acceptors (Lipinski definition) is 7. The summed E-state index contributed by atoms with van der Waals surface area (Å²) in [5, 5.41) is 3.01. The maximum absolute atomic E-state index is 13.4. The minimum Gasteiger partial charge on any atom is -0.756 e. The van der Waals surface area contributed by atoms with E-state index in [-0.39, 0.29) is 31.5 Å². The number of hydrogen-bond donors (Lipinski definition) is 1. The van der Waals surface area contributed by atoms with Crippen LogP contribution < -0.4 is 10.2 Å². The molecule has 0 saturated carbocycles. The Morgan fingerprint density at radius 1 is 0.530 bits per heavy atom. The number of carbonyl (C=O) groups excluding carboxylic acids is 2. The Morgan fingerprint density at radius 3 is 1.36 bits per heavy atom. The molecule has 0 rings (SSSR count). The summed E-state index contributed by atoms with van der Waals surface area (Å²) in [6.45, 7) is 6.81. The molecule has 0 aliphatic rings. The van der Waals surface area contributed by atoms with Crippen molar-refractivity contribution >= 4 is 19.7 Å². The Bertz CT molecular complexity index is 1230. The summed E-state index contributed by atoms with van der Waals surface area (Å²) in [5.74, 6) is -0.548. The number of phosphoric acid groups is 1. The zero-order valence-corrected chi connectivity index (χ0v) is 45.0. The fourth-order valence-corrected chi connectivity index (χ4v) is 8.71. The number of unbranched alkanes of at least 4 members (excludes halogenated alkanes) is 31. The van der Waals surface area contributed by atoms with Crippen LogP contribution in [0.1, 0.15) is 258 Å². The minimum atomic E-state index is -4.69. The second-order valence-corrected chi connectivity index (χ2v) is 21.5. The van der Waals surface area contributed by atoms with Crippen LogP contribution in [0, 0.1) is 0 Å². The summed E-state index contributed by atoms with van der Waals surface area (Å²) < 4.78 is 30.2. The number of amides is 1. The number of ether oxygens (including phenoxy) is 1. The van der Waals surface area contributed by atoms with Crippen molar-refractivity contribution in [3.8, 4) is 0 Å². The average molecular weight is 951 g/mol. The molecule has 66 heavy (non-hydrogen) atoms. The molecule has 0 spiro atoms. The van der Waals surface area contributed by atoms with Gasteiger partial charge in [-0.3, -0.25) is 14.2 Å². The standard InChI is InChI=1S/C56H107N2O7P/c1-7-10-13-16-19-22-25-28-29-31-34-37-40-43-46-49-56(60)65-54(47-44-41-38-35-32-27-24-21-18-15-12-9-3)53(52-64-66(61,62)63-51-50-58(4,5)6)57-55(59)48-45-42-39-36-33-30-26-23-20-17-14-11-8-2/h19,22,25,28,44,47,53-54H,7-18,20-21,23-24,26-27,29-43,45-46,48-52H2,1-6H3,(H-,57,59,61,62)/b22-19+,28-25+,47-44+. The van der Waals surface area contributed by atoms with Crippen molar-refractivity contribution in [3.05, 3.63) is 36.5 Å². The smallest absolute Gasteiger partial charge is 0.306 e. The SMILES string of the molecule is CCCCC/C=C/C=C/CCCCCCCCC(=O)OC(/C=C/CCCCCCCCCCCC)C(COP(=O)([O-])OCC[N+](C)(C)C)NC(=O)CCCCCCCCCCCCCCC. The van der Waals surface area contributed by atoms with Crippen LogP contribution in [0.4, 0.5) is 0 Å². The zero-order valence-electron chi connectivity index (χ0n) is 44.2. The molecule has 3 unspecified atom stereocenters. The molecule has 0 radical (unpaired) electrons. The molecule has 0 aliphatic carbocycles. The van der Waals surface area contributed by atoms with E-state index >= 15 is 0 Å². The van der Waals surface area contributed by atoms with Crippen LogP contribution in [0.25, 0.3) is 0 Å². The monoisotopic (exact) mass is 951 g/mol. The van der Waals surface area contributed by atoms with E-state index in [1.54, 1.807) is 0 Å². The van der Waals surface area contributed by atoms with Crippen molar-refractivity contribution in [2.45, 2.75) is 270 Å². The van der Waals surface area contributed by atoms with Gasteiger partial charge in [-0.1, -0.05) is 225 Å². The largest absolute Gasteiger partial charge is 0.756 e. The Balaban J connectivity index is 5.39. The Hall–Kier alpha value is -1.77. The van der Waals surface area contributed by atoms with E-state index < -0.39 is 20.0 Å². The minimum absolute atomic E-state index is 0.0224. The van der Waals surface area contributed by atoms with Gasteiger partial charge in [-0.25, -0.2) is 0 Å². The highest BCUT2D eigenvalue weighted by Gasteiger charge is 2.27. The van der Waals surface area contributed by atoms with Crippen molar-refractivity contribution in [1.82, 2.24) is 5.32 Å². The second-order valence-electron chi connectivity index (χ2n) is 20.1. The number of carbonyl (C=O) groups is 2. The van der Waals surface area contributed by atoms with Crippen molar-refractivity contribution in [3.63, 3.8) is 0 Å². The molecular weight excluding hydrogens is 844 g/mol. The van der Waals surface area contributed by atoms with Crippen molar-refractivity contribution in [1.29, 1.82) is 0 Å². The molecule has 0 aromatic heterocycles. The molecule has 1 N–H and O–H groups in total. The van der Waals surface area contributed by atoms with E-state index in [1.165, 1.54) is 148 Å². The summed E-state index contributed by atoms with van der Waals surface area (Å²) in [4.78, 5) is 39.7. The highest BCUT2D eigenvalue weighted by atomic mass is 31.2. The first-order valence-corrected chi connectivity index (χ1v) is 29.3. The first-order chi connectivity index (χ1) is 31.9. The number of nitrogens with one attached hydrogen (secondary N) is 1. The quantitative estimate of drug-likeness (QED) is 0.0161. The maximum atomic E-state index is 13.4. The fourth-order valence-electron chi connectivity index (χ4n) is 7.98. The Labute approximate surface area is 408 Å². The summed E-state index contributed by atoms with van der Waals surface area (Å²) >= 11 is 0. The van der Waals surface area contributed by atoms with Gasteiger partial charge in [0, 0.05) is 12.8 Å². The van der Waals surface area contributed by atoms with Gasteiger partial charge in [0.05, 0.1) is 33.8 Å². The van der Waals surface area contributed by atoms with Gasteiger partial charge in [-0.05, 0) is 57.4 Å². The third kappa shape index (κ3) is 47.3. The zero-order chi connectivity index (χ0) is 48.7. The van der Waals surface area contributed by atoms with Crippen molar-refractivity contribution < 1.29 is 37.3 Å². The number of likely N-dealkylation sites (N-methyl/N-ethyl adjacent to an activating group) is 1. The number of nitrogens with zero attached hydrogens (tertiary/aromatic N) is 1. The van der Waals surface area contributed by atoms with E-state index in [1.807, 2.05) is 33.3 Å². The lowest BCUT2D eigenvalue weighted by atomic mass is 10.0. The molecule has 0 aromatic rings. The topological polar surface area (TPSA) is 114 Å². The molecular formula is C56H107N2O7P. The molecule has 9 nitrogen and oxygen atoms in total. The molecule has 10 heteroatoms. The van der Waals surface area contributed by atoms with Crippen LogP contribution in [-0.4, -0.2) is 69.4 Å². The summed E-state index contributed by atoms with van der Waals surface area (Å²) in [7, 11) is 1.18. The van der Waals surface area contributed by atoms with Crippen molar-refractivity contribution in [2.75, 3.05) is 40.9 Å². The number of allylic oxidation sites excluding steroid dienone is 5. The van der Waals surface area contributed by atoms with E-state index in [2.05, 4.69) is 50.4 Å². The fraction of sp³-hybridized carbons (Fsp3) is 0.857. The first kappa shape index (κ1) is 64.2. The van der Waals surface area contributed by atoms with Gasteiger partial charge in [0.2, 0.25) is 5.91 Å². The highest BCUT2D eigenvalue weighted by molar-refractivity contribution is 7.45. The number of phosphoric ester groups is 1. The molecule has 0 heterocycles. The van der Waals surface area contributed by atoms with Gasteiger partial charge in [0.1, 0.15) is 19.3 Å². The van der Waals surface area contributed by atoms with Gasteiger partial charge < -0.3 is 28.5 Å². The molecule has 0 saturated heterocycles. The van der Waals surface area contributed by atoms with Crippen LogP contribution in [0.5, 0.6) is 0 Å². The lowest BCUT2D eigenvalue weighted by molar-refractivity contribution is -0.870. The summed E-state index contributed by atoms with van der Waals surface area (Å²) in [5.41, 5.74) is 0. The third-order valence-corrected chi connectivity index (χ3v) is 13.3. The molecule has 388 valence electrons. The summed E-state index contributed by atoms with van der Waals surface area (Å²) in [6.07, 6.45) is 53.8. The maximum Gasteiger partial charge on any atom is 0.306 e. The molecule has 0 aliphatic heterocycles. The van der Waals surface area contributed by atoms with Crippen molar-refractivity contribution in [2.24, 2.45) is 0 Å². The Morgan fingerprint density at radius 2 is 0.909 bits per heavy atom. The lowest BCUT2D eigenvalue weighted by Crippen LogP contribution is -2.47. The van der Waals surface area contributed by atoms with Crippen LogP contribution >= 0.6 is 7.82 Å². The Kier molecular flexibility index (Phi) is 45.7. The molecule has 1 amide bonds. The van der Waals surface area contributed by atoms with E-state index in [9.17, 15) is 19.0 Å². The first-order valence-electron chi connectivity index (χ1n) is 27.8. The highest BCUT2D eigenvalue weighted by Crippen LogP contribution is 2.38. The molecule has 3 atom stereocenters. The predicted molar refractivity (Wildman–Crippen MR) is 279 cm³/mol. The molecule has 0 fully saturated rings. The van der Waals surface area contributed by atoms with Crippen LogP contribution in [-0.2, 0) is 27.9 Å². The normalized spacial score (nSPS) is 14.1. The van der Waals surface area contributed by atoms with Gasteiger partial charge in [-0.2, -0.15) is 0 Å². The number of esters is 1. The third-order valence-electron chi connectivity index (χ3n) is 12.4. The van der Waals surface area contributed by atoms with Crippen LogP contribution in [0.15, 0.2) is 36.5 Å². The van der Waals surface area contributed by atoms with Gasteiger partial charge in [0.15, 0.2) is 0 Å². The van der Waals surface area contributed by atoms with Gasteiger partial charge in [-0.15, -0.1) is 0 Å². The second kappa shape index (κ2) is 46.9. The predicted octanol–water partition coefficient (Wildman–Crippen LogP) is 15.8. The van der Waals surface area contributed by atoms with Gasteiger partial charge >= 0.3 is 5.97 Å². The molecule has 0 bridgehead atoms. The average Bonchev–Trinajstić information content (AvgIpc) is 3.27. The lowest BCUT2D eigenvalue weighted by Gasteiger charge is -2.30. The van der Waals surface area contributed by atoms with Crippen LogP contribution in [0.2, 0.25) is 0 Å². The number of rotatable bonds is 50. The van der Waals surface area contributed by atoms with E-state index in [0.29, 0.717) is 17.4 Å². The summed E-state index contributed by atoms with van der Waals surface area (Å²) in [6, 6.07) is -0.887.